The number of benzene rings is 1. The van der Waals surface area contributed by atoms with E-state index in [1.165, 1.54) is 0 Å². The van der Waals surface area contributed by atoms with Gasteiger partial charge in [-0.15, -0.1) is 0 Å². The molecule has 0 saturated carbocycles. The minimum Gasteiger partial charge on any atom is -0.378 e. The van der Waals surface area contributed by atoms with Crippen molar-refractivity contribution < 1.29 is 14.3 Å². The number of carbonyl (C=O) groups is 2. The lowest BCUT2D eigenvalue weighted by atomic mass is 10.1. The van der Waals surface area contributed by atoms with E-state index in [1.807, 2.05) is 18.2 Å². The number of carbonyl (C=O) groups excluding carboxylic acids is 2. The van der Waals surface area contributed by atoms with E-state index < -0.39 is 0 Å². The van der Waals surface area contributed by atoms with Crippen LogP contribution >= 0.6 is 0 Å². The first-order chi connectivity index (χ1) is 13.6. The molecule has 1 aromatic heterocycles. The maximum Gasteiger partial charge on any atom is 0.321 e. The lowest BCUT2D eigenvalue weighted by Gasteiger charge is -2.29. The first-order valence-corrected chi connectivity index (χ1v) is 9.19. The highest BCUT2D eigenvalue weighted by Crippen LogP contribution is 2.24. The third-order valence-electron chi connectivity index (χ3n) is 4.55. The van der Waals surface area contributed by atoms with Crippen LogP contribution in [0.15, 0.2) is 42.6 Å². The summed E-state index contributed by atoms with van der Waals surface area (Å²) >= 11 is 0. The summed E-state index contributed by atoms with van der Waals surface area (Å²) in [6.07, 6.45) is 1.72. The smallest absolute Gasteiger partial charge is 0.321 e. The van der Waals surface area contributed by atoms with Crippen LogP contribution in [0.3, 0.4) is 0 Å². The number of anilines is 2. The molecule has 1 aliphatic heterocycles. The number of nitrogens with zero attached hydrogens (tertiary/aromatic N) is 3. The van der Waals surface area contributed by atoms with Crippen LogP contribution in [0.4, 0.5) is 16.3 Å². The Kier molecular flexibility index (Phi) is 6.44. The van der Waals surface area contributed by atoms with Gasteiger partial charge in [-0.1, -0.05) is 12.1 Å². The second kappa shape index (κ2) is 9.18. The van der Waals surface area contributed by atoms with Gasteiger partial charge >= 0.3 is 6.03 Å². The van der Waals surface area contributed by atoms with Crippen molar-refractivity contribution in [2.75, 3.05) is 50.6 Å². The van der Waals surface area contributed by atoms with E-state index in [2.05, 4.69) is 20.5 Å². The molecule has 1 saturated heterocycles. The monoisotopic (exact) mass is 383 g/mol. The summed E-state index contributed by atoms with van der Waals surface area (Å²) in [6, 6.07) is 10.6. The van der Waals surface area contributed by atoms with Crippen molar-refractivity contribution in [1.29, 1.82) is 0 Å². The molecule has 8 nitrogen and oxygen atoms in total. The second-order valence-electron chi connectivity index (χ2n) is 6.54. The minimum absolute atomic E-state index is 0.134. The first-order valence-electron chi connectivity index (χ1n) is 9.19. The molecule has 1 aliphatic rings. The minimum atomic E-state index is -0.224. The Morgan fingerprint density at radius 3 is 2.57 bits per heavy atom. The van der Waals surface area contributed by atoms with Crippen molar-refractivity contribution in [2.24, 2.45) is 0 Å². The highest BCUT2D eigenvalue weighted by atomic mass is 16.5. The fraction of sp³-hybridized carbons (Fsp3) is 0.350. The number of urea groups is 1. The van der Waals surface area contributed by atoms with Gasteiger partial charge in [0.1, 0.15) is 0 Å². The van der Waals surface area contributed by atoms with E-state index in [-0.39, 0.29) is 11.9 Å². The normalized spacial score (nSPS) is 13.7. The molecule has 3 rings (SSSR count). The third-order valence-corrected chi connectivity index (χ3v) is 4.55. The van der Waals surface area contributed by atoms with Crippen LogP contribution in [-0.2, 0) is 11.3 Å². The zero-order valence-corrected chi connectivity index (χ0v) is 16.1. The van der Waals surface area contributed by atoms with Gasteiger partial charge in [0.25, 0.3) is 5.91 Å². The van der Waals surface area contributed by atoms with Gasteiger partial charge in [0, 0.05) is 45.5 Å². The van der Waals surface area contributed by atoms with Crippen molar-refractivity contribution in [3.63, 3.8) is 0 Å². The molecule has 0 bridgehead atoms. The number of amides is 3. The number of morpholine rings is 1. The number of nitrogens with one attached hydrogen (secondary N) is 2. The van der Waals surface area contributed by atoms with Crippen LogP contribution < -0.4 is 15.5 Å². The van der Waals surface area contributed by atoms with Crippen LogP contribution in [-0.4, -0.2) is 62.2 Å². The number of hydrogen-bond donors (Lipinski definition) is 2. The Morgan fingerprint density at radius 2 is 1.89 bits per heavy atom. The fourth-order valence-electron chi connectivity index (χ4n) is 2.98. The van der Waals surface area contributed by atoms with Crippen LogP contribution in [0.5, 0.6) is 0 Å². The molecule has 8 heteroatoms. The van der Waals surface area contributed by atoms with E-state index >= 15 is 0 Å². The number of rotatable bonds is 5. The summed E-state index contributed by atoms with van der Waals surface area (Å²) in [4.78, 5) is 32.4. The SMILES string of the molecule is CNC(=O)c1ccc(CN(C)C(=O)Nc2cccnc2N2CCOCC2)cc1. The molecule has 0 spiro atoms. The molecular weight excluding hydrogens is 358 g/mol. The van der Waals surface area contributed by atoms with Crippen molar-refractivity contribution in [3.8, 4) is 0 Å². The molecule has 148 valence electrons. The van der Waals surface area contributed by atoms with Gasteiger partial charge in [0.2, 0.25) is 0 Å². The van der Waals surface area contributed by atoms with Gasteiger partial charge in [0.05, 0.1) is 18.9 Å². The fourth-order valence-corrected chi connectivity index (χ4v) is 2.98. The van der Waals surface area contributed by atoms with Crippen LogP contribution in [0.25, 0.3) is 0 Å². The molecule has 0 unspecified atom stereocenters. The van der Waals surface area contributed by atoms with Gasteiger partial charge in [0.15, 0.2) is 5.82 Å². The third kappa shape index (κ3) is 4.77. The standard InChI is InChI=1S/C20H25N5O3/c1-21-19(26)16-7-5-15(6-8-16)14-24(2)20(27)23-17-4-3-9-22-18(17)25-10-12-28-13-11-25/h3-9H,10-14H2,1-2H3,(H,21,26)(H,23,27). The predicted octanol–water partition coefficient (Wildman–Crippen LogP) is 1.94. The average molecular weight is 383 g/mol. The van der Waals surface area contributed by atoms with Crippen LogP contribution in [0.1, 0.15) is 15.9 Å². The topological polar surface area (TPSA) is 86.8 Å². The van der Waals surface area contributed by atoms with Crippen LogP contribution in [0, 0.1) is 0 Å². The van der Waals surface area contributed by atoms with Gasteiger partial charge in [-0.05, 0) is 29.8 Å². The summed E-state index contributed by atoms with van der Waals surface area (Å²) < 4.78 is 5.39. The number of hydrogen-bond acceptors (Lipinski definition) is 5. The summed E-state index contributed by atoms with van der Waals surface area (Å²) in [5, 5.41) is 5.53. The van der Waals surface area contributed by atoms with Gasteiger partial charge in [-0.25, -0.2) is 9.78 Å². The van der Waals surface area contributed by atoms with E-state index in [0.29, 0.717) is 31.0 Å². The van der Waals surface area contributed by atoms with Gasteiger partial charge in [-0.3, -0.25) is 4.79 Å². The Balaban J connectivity index is 1.64. The molecule has 1 aromatic carbocycles. The number of aromatic nitrogens is 1. The predicted molar refractivity (Wildman–Crippen MR) is 108 cm³/mol. The van der Waals surface area contributed by atoms with E-state index in [1.54, 1.807) is 43.4 Å². The van der Waals surface area contributed by atoms with Gasteiger partial charge < -0.3 is 25.2 Å². The lowest BCUT2D eigenvalue weighted by molar-refractivity contribution is 0.0963. The van der Waals surface area contributed by atoms with E-state index in [0.717, 1.165) is 24.5 Å². The average Bonchev–Trinajstić information content (AvgIpc) is 2.74. The van der Waals surface area contributed by atoms with E-state index in [4.69, 9.17) is 4.74 Å². The summed E-state index contributed by atoms with van der Waals surface area (Å²) in [5.74, 6) is 0.618. The molecular formula is C20H25N5O3. The van der Waals surface area contributed by atoms with Crippen molar-refractivity contribution in [2.45, 2.75) is 6.54 Å². The molecule has 3 amide bonds. The lowest BCUT2D eigenvalue weighted by Crippen LogP contribution is -2.38. The molecule has 0 aliphatic carbocycles. The maximum absolute atomic E-state index is 12.7. The largest absolute Gasteiger partial charge is 0.378 e. The highest BCUT2D eigenvalue weighted by molar-refractivity contribution is 5.94. The number of pyridine rings is 1. The summed E-state index contributed by atoms with van der Waals surface area (Å²) in [6.45, 7) is 3.21. The zero-order valence-electron chi connectivity index (χ0n) is 16.1. The Bertz CT molecular complexity index is 819. The molecule has 0 atom stereocenters. The van der Waals surface area contributed by atoms with Crippen molar-refractivity contribution in [1.82, 2.24) is 15.2 Å². The molecule has 28 heavy (non-hydrogen) atoms. The Morgan fingerprint density at radius 1 is 1.18 bits per heavy atom. The number of ether oxygens (including phenoxy) is 1. The molecule has 2 N–H and O–H groups in total. The van der Waals surface area contributed by atoms with Crippen molar-refractivity contribution >= 4 is 23.4 Å². The molecule has 2 aromatic rings. The molecule has 2 heterocycles. The maximum atomic E-state index is 12.7. The Hall–Kier alpha value is -3.13. The Labute approximate surface area is 164 Å². The molecule has 0 radical (unpaired) electrons. The first kappa shape index (κ1) is 19.6. The zero-order chi connectivity index (χ0) is 19.9. The van der Waals surface area contributed by atoms with Crippen molar-refractivity contribution in [3.05, 3.63) is 53.7 Å². The molecule has 1 fully saturated rings. The summed E-state index contributed by atoms with van der Waals surface area (Å²) in [5.41, 5.74) is 2.20. The second-order valence-corrected chi connectivity index (χ2v) is 6.54. The van der Waals surface area contributed by atoms with Gasteiger partial charge in [-0.2, -0.15) is 0 Å². The van der Waals surface area contributed by atoms with Crippen LogP contribution in [0.2, 0.25) is 0 Å². The summed E-state index contributed by atoms with van der Waals surface area (Å²) in [7, 11) is 3.32. The quantitative estimate of drug-likeness (QED) is 0.824. The highest BCUT2D eigenvalue weighted by Gasteiger charge is 2.18. The van der Waals surface area contributed by atoms with E-state index in [9.17, 15) is 9.59 Å².